The van der Waals surface area contributed by atoms with Crippen molar-refractivity contribution in [3.8, 4) is 5.75 Å². The molecule has 3 rings (SSSR count). The van der Waals surface area contributed by atoms with Crippen LogP contribution in [-0.4, -0.2) is 12.6 Å². The van der Waals surface area contributed by atoms with Crippen LogP contribution in [-0.2, 0) is 16.0 Å². The summed E-state index contributed by atoms with van der Waals surface area (Å²) in [6, 6.07) is 5.84. The summed E-state index contributed by atoms with van der Waals surface area (Å²) in [7, 11) is 0. The first-order chi connectivity index (χ1) is 9.24. The second-order valence-electron chi connectivity index (χ2n) is 5.15. The van der Waals surface area contributed by atoms with Gasteiger partial charge in [0.05, 0.1) is 6.61 Å². The van der Waals surface area contributed by atoms with Crippen LogP contribution in [0.5, 0.6) is 5.75 Å². The lowest BCUT2D eigenvalue weighted by molar-refractivity contribution is -0.131. The molecule has 100 valence electrons. The highest BCUT2D eigenvalue weighted by Gasteiger charge is 2.22. The van der Waals surface area contributed by atoms with Gasteiger partial charge in [0.25, 0.3) is 0 Å². The second-order valence-corrected chi connectivity index (χ2v) is 5.15. The SMILES string of the molecule is CC(=O)Oc1ccc2c(c1)CCC1=C2OCCCC1. The van der Waals surface area contributed by atoms with Gasteiger partial charge >= 0.3 is 5.97 Å². The molecule has 1 aromatic carbocycles. The summed E-state index contributed by atoms with van der Waals surface area (Å²) in [6.45, 7) is 2.23. The van der Waals surface area contributed by atoms with Crippen LogP contribution in [0, 0.1) is 0 Å². The number of hydrogen-bond acceptors (Lipinski definition) is 3. The molecule has 1 aliphatic heterocycles. The van der Waals surface area contributed by atoms with E-state index in [-0.39, 0.29) is 5.97 Å². The van der Waals surface area contributed by atoms with Gasteiger partial charge in [0.2, 0.25) is 0 Å². The van der Waals surface area contributed by atoms with Crippen molar-refractivity contribution in [3.63, 3.8) is 0 Å². The minimum Gasteiger partial charge on any atom is -0.493 e. The average Bonchev–Trinajstić information content (AvgIpc) is 2.62. The van der Waals surface area contributed by atoms with Gasteiger partial charge in [-0.1, -0.05) is 0 Å². The molecule has 0 saturated carbocycles. The Morgan fingerprint density at radius 1 is 1.21 bits per heavy atom. The van der Waals surface area contributed by atoms with Crippen LogP contribution in [0.1, 0.15) is 43.7 Å². The van der Waals surface area contributed by atoms with Crippen LogP contribution in [0.3, 0.4) is 0 Å². The molecular formula is C16H18O3. The third-order valence-electron chi connectivity index (χ3n) is 3.72. The first-order valence-corrected chi connectivity index (χ1v) is 6.90. The van der Waals surface area contributed by atoms with Crippen molar-refractivity contribution in [1.29, 1.82) is 0 Å². The number of allylic oxidation sites excluding steroid dienone is 1. The Kier molecular flexibility index (Phi) is 3.28. The molecule has 3 heteroatoms. The molecule has 19 heavy (non-hydrogen) atoms. The third kappa shape index (κ3) is 2.50. The number of fused-ring (bicyclic) bond motifs is 2. The van der Waals surface area contributed by atoms with E-state index >= 15 is 0 Å². The van der Waals surface area contributed by atoms with E-state index in [4.69, 9.17) is 9.47 Å². The first-order valence-electron chi connectivity index (χ1n) is 6.90. The van der Waals surface area contributed by atoms with Gasteiger partial charge in [-0.25, -0.2) is 0 Å². The fourth-order valence-electron chi connectivity index (χ4n) is 2.85. The van der Waals surface area contributed by atoms with Crippen LogP contribution in [0.25, 0.3) is 5.76 Å². The number of ether oxygens (including phenoxy) is 2. The number of carbonyl (C=O) groups excluding carboxylic acids is 1. The van der Waals surface area contributed by atoms with Crippen LogP contribution < -0.4 is 4.74 Å². The predicted octanol–water partition coefficient (Wildman–Crippen LogP) is 3.47. The molecular weight excluding hydrogens is 240 g/mol. The summed E-state index contributed by atoms with van der Waals surface area (Å²) in [6.07, 6.45) is 5.58. The zero-order valence-electron chi connectivity index (χ0n) is 11.2. The van der Waals surface area contributed by atoms with Crippen molar-refractivity contribution in [1.82, 2.24) is 0 Å². The third-order valence-corrected chi connectivity index (χ3v) is 3.72. The van der Waals surface area contributed by atoms with Gasteiger partial charge in [-0.3, -0.25) is 4.79 Å². The molecule has 0 bridgehead atoms. The van der Waals surface area contributed by atoms with Crippen molar-refractivity contribution in [2.24, 2.45) is 0 Å². The fraction of sp³-hybridized carbons (Fsp3) is 0.438. The fourth-order valence-corrected chi connectivity index (χ4v) is 2.85. The van der Waals surface area contributed by atoms with E-state index in [2.05, 4.69) is 0 Å². The Morgan fingerprint density at radius 2 is 2.11 bits per heavy atom. The largest absolute Gasteiger partial charge is 0.493 e. The maximum atomic E-state index is 11.0. The topological polar surface area (TPSA) is 35.5 Å². The number of esters is 1. The van der Waals surface area contributed by atoms with Crippen LogP contribution >= 0.6 is 0 Å². The molecule has 0 aromatic heterocycles. The van der Waals surface area contributed by atoms with Crippen molar-refractivity contribution in [3.05, 3.63) is 34.9 Å². The molecule has 2 aliphatic rings. The molecule has 0 amide bonds. The normalized spacial score (nSPS) is 17.9. The van der Waals surface area contributed by atoms with Crippen LogP contribution in [0.2, 0.25) is 0 Å². The van der Waals surface area contributed by atoms with Gasteiger partial charge in [-0.05, 0) is 61.4 Å². The minimum absolute atomic E-state index is 0.276. The van der Waals surface area contributed by atoms with Gasteiger partial charge in [-0.2, -0.15) is 0 Å². The van der Waals surface area contributed by atoms with Crippen LogP contribution in [0.4, 0.5) is 0 Å². The number of carbonyl (C=O) groups is 1. The molecule has 0 spiro atoms. The lowest BCUT2D eigenvalue weighted by Crippen LogP contribution is -2.08. The number of hydrogen-bond donors (Lipinski definition) is 0. The van der Waals surface area contributed by atoms with Gasteiger partial charge in [0, 0.05) is 12.5 Å². The smallest absolute Gasteiger partial charge is 0.308 e. The molecule has 0 unspecified atom stereocenters. The van der Waals surface area contributed by atoms with E-state index in [0.717, 1.165) is 38.0 Å². The molecule has 0 atom stereocenters. The minimum atomic E-state index is -0.276. The first kappa shape index (κ1) is 12.3. The maximum Gasteiger partial charge on any atom is 0.308 e. The molecule has 1 aliphatic carbocycles. The van der Waals surface area contributed by atoms with Gasteiger partial charge in [0.15, 0.2) is 0 Å². The average molecular weight is 258 g/mol. The lowest BCUT2D eigenvalue weighted by Gasteiger charge is -2.22. The zero-order valence-corrected chi connectivity index (χ0v) is 11.2. The van der Waals surface area contributed by atoms with E-state index in [0.29, 0.717) is 5.75 Å². The Hall–Kier alpha value is -1.77. The van der Waals surface area contributed by atoms with Gasteiger partial charge in [0.1, 0.15) is 11.5 Å². The quantitative estimate of drug-likeness (QED) is 0.571. The highest BCUT2D eigenvalue weighted by molar-refractivity contribution is 5.72. The predicted molar refractivity (Wildman–Crippen MR) is 72.8 cm³/mol. The van der Waals surface area contributed by atoms with Gasteiger partial charge < -0.3 is 9.47 Å². The summed E-state index contributed by atoms with van der Waals surface area (Å²) in [5.74, 6) is 1.43. The highest BCUT2D eigenvalue weighted by atomic mass is 16.5. The molecule has 1 aromatic rings. The lowest BCUT2D eigenvalue weighted by atomic mass is 9.88. The van der Waals surface area contributed by atoms with Crippen molar-refractivity contribution >= 4 is 11.7 Å². The number of benzene rings is 1. The van der Waals surface area contributed by atoms with E-state index in [9.17, 15) is 4.79 Å². The van der Waals surface area contributed by atoms with Crippen molar-refractivity contribution in [2.75, 3.05) is 6.61 Å². The Labute approximate surface area is 113 Å². The van der Waals surface area contributed by atoms with E-state index in [1.165, 1.54) is 30.0 Å². The molecule has 3 nitrogen and oxygen atoms in total. The number of rotatable bonds is 1. The van der Waals surface area contributed by atoms with Gasteiger partial charge in [-0.15, -0.1) is 0 Å². The Balaban J connectivity index is 1.95. The maximum absolute atomic E-state index is 11.0. The molecule has 0 saturated heterocycles. The molecule has 0 fully saturated rings. The van der Waals surface area contributed by atoms with Crippen molar-refractivity contribution < 1.29 is 14.3 Å². The monoisotopic (exact) mass is 258 g/mol. The van der Waals surface area contributed by atoms with Crippen LogP contribution in [0.15, 0.2) is 23.8 Å². The van der Waals surface area contributed by atoms with Crippen molar-refractivity contribution in [2.45, 2.75) is 39.0 Å². The summed E-state index contributed by atoms with van der Waals surface area (Å²) in [5.41, 5.74) is 3.85. The zero-order chi connectivity index (χ0) is 13.2. The Bertz CT molecular complexity index is 543. The molecule has 0 N–H and O–H groups in total. The summed E-state index contributed by atoms with van der Waals surface area (Å²) in [5, 5.41) is 0. The molecule has 1 heterocycles. The number of aryl methyl sites for hydroxylation is 1. The van der Waals surface area contributed by atoms with E-state index in [1.54, 1.807) is 0 Å². The summed E-state index contributed by atoms with van der Waals surface area (Å²) >= 11 is 0. The van der Waals surface area contributed by atoms with E-state index in [1.807, 2.05) is 18.2 Å². The molecule has 0 radical (unpaired) electrons. The standard InChI is InChI=1S/C16H18O3/c1-11(17)19-14-7-8-15-13(10-14)6-5-12-4-2-3-9-18-16(12)15/h7-8,10H,2-6,9H2,1H3. The second kappa shape index (κ2) is 5.08. The summed E-state index contributed by atoms with van der Waals surface area (Å²) in [4.78, 5) is 11.0. The highest BCUT2D eigenvalue weighted by Crippen LogP contribution is 2.37. The summed E-state index contributed by atoms with van der Waals surface area (Å²) < 4.78 is 11.1. The Morgan fingerprint density at radius 3 is 2.95 bits per heavy atom. The van der Waals surface area contributed by atoms with E-state index < -0.39 is 0 Å².